The lowest BCUT2D eigenvalue weighted by molar-refractivity contribution is 0.0600. The van der Waals surface area contributed by atoms with Gasteiger partial charge in [0, 0.05) is 0 Å². The van der Waals surface area contributed by atoms with Gasteiger partial charge in [0.1, 0.15) is 5.82 Å². The van der Waals surface area contributed by atoms with Gasteiger partial charge in [-0.15, -0.1) is 0 Å². The number of halogens is 2. The maximum atomic E-state index is 12.9. The summed E-state index contributed by atoms with van der Waals surface area (Å²) in [5.74, 6) is -3.16. The Hall–Kier alpha value is -1.62. The van der Waals surface area contributed by atoms with Gasteiger partial charge in [0.2, 0.25) is 0 Å². The highest BCUT2D eigenvalue weighted by molar-refractivity contribution is 6.36. The number of carboxylic acid groups (broad SMARTS) is 1. The van der Waals surface area contributed by atoms with Crippen LogP contribution < -0.4 is 0 Å². The third-order valence-corrected chi connectivity index (χ3v) is 2.08. The molecule has 0 bridgehead atoms. The Morgan fingerprint density at radius 1 is 1.40 bits per heavy atom. The van der Waals surface area contributed by atoms with Crippen molar-refractivity contribution in [3.05, 3.63) is 34.1 Å². The van der Waals surface area contributed by atoms with Crippen molar-refractivity contribution in [2.45, 2.75) is 0 Å². The molecule has 1 aromatic carbocycles. The van der Waals surface area contributed by atoms with Crippen LogP contribution in [0.25, 0.3) is 0 Å². The van der Waals surface area contributed by atoms with Crippen molar-refractivity contribution in [3.8, 4) is 0 Å². The zero-order chi connectivity index (χ0) is 11.6. The van der Waals surface area contributed by atoms with Crippen LogP contribution >= 0.6 is 11.6 Å². The smallest absolute Gasteiger partial charge is 0.339 e. The van der Waals surface area contributed by atoms with Crippen LogP contribution in [0.4, 0.5) is 4.39 Å². The van der Waals surface area contributed by atoms with Crippen LogP contribution in [-0.4, -0.2) is 24.2 Å². The van der Waals surface area contributed by atoms with E-state index in [2.05, 4.69) is 4.74 Å². The molecule has 0 spiro atoms. The van der Waals surface area contributed by atoms with E-state index in [9.17, 15) is 14.0 Å². The van der Waals surface area contributed by atoms with Gasteiger partial charge in [-0.25, -0.2) is 14.0 Å². The van der Waals surface area contributed by atoms with Crippen LogP contribution in [-0.2, 0) is 4.74 Å². The molecule has 0 heterocycles. The van der Waals surface area contributed by atoms with Gasteiger partial charge in [-0.05, 0) is 12.1 Å². The quantitative estimate of drug-likeness (QED) is 0.792. The van der Waals surface area contributed by atoms with Gasteiger partial charge in [0.25, 0.3) is 0 Å². The lowest BCUT2D eigenvalue weighted by atomic mass is 10.1. The standard InChI is InChI=1S/C9H6ClFO4/c1-15-9(14)6-3-4(11)2-5(7(6)10)8(12)13/h2-3H,1H3,(H,12,13). The summed E-state index contributed by atoms with van der Waals surface area (Å²) in [5, 5.41) is 8.33. The summed E-state index contributed by atoms with van der Waals surface area (Å²) < 4.78 is 17.3. The fraction of sp³-hybridized carbons (Fsp3) is 0.111. The number of carboxylic acids is 1. The third-order valence-electron chi connectivity index (χ3n) is 1.67. The van der Waals surface area contributed by atoms with Crippen molar-refractivity contribution in [1.29, 1.82) is 0 Å². The molecule has 0 aliphatic carbocycles. The fourth-order valence-corrected chi connectivity index (χ4v) is 1.27. The van der Waals surface area contributed by atoms with Crippen LogP contribution in [0, 0.1) is 5.82 Å². The van der Waals surface area contributed by atoms with Crippen molar-refractivity contribution in [2.75, 3.05) is 7.11 Å². The molecule has 0 amide bonds. The molecule has 0 unspecified atom stereocenters. The number of rotatable bonds is 2. The van der Waals surface area contributed by atoms with E-state index in [0.29, 0.717) is 0 Å². The Morgan fingerprint density at radius 2 is 1.93 bits per heavy atom. The van der Waals surface area contributed by atoms with Crippen LogP contribution in [0.2, 0.25) is 5.02 Å². The third kappa shape index (κ3) is 2.24. The second-order valence-electron chi connectivity index (χ2n) is 2.61. The minimum absolute atomic E-state index is 0.309. The fourth-order valence-electron chi connectivity index (χ4n) is 1.00. The number of ether oxygens (including phenoxy) is 1. The van der Waals surface area contributed by atoms with Gasteiger partial charge in [-0.2, -0.15) is 0 Å². The summed E-state index contributed by atoms with van der Waals surface area (Å²) in [6, 6.07) is 1.55. The largest absolute Gasteiger partial charge is 0.478 e. The van der Waals surface area contributed by atoms with E-state index in [1.165, 1.54) is 0 Å². The number of carbonyl (C=O) groups is 2. The second-order valence-corrected chi connectivity index (χ2v) is 2.99. The number of methoxy groups -OCH3 is 1. The summed E-state index contributed by atoms with van der Waals surface area (Å²) in [5.41, 5.74) is -0.784. The molecular formula is C9H6ClFO4. The van der Waals surface area contributed by atoms with E-state index >= 15 is 0 Å². The topological polar surface area (TPSA) is 63.6 Å². The van der Waals surface area contributed by atoms with E-state index in [-0.39, 0.29) is 10.6 Å². The van der Waals surface area contributed by atoms with Crippen molar-refractivity contribution in [2.24, 2.45) is 0 Å². The predicted molar refractivity (Wildman–Crippen MR) is 49.7 cm³/mol. The van der Waals surface area contributed by atoms with Crippen molar-refractivity contribution in [1.82, 2.24) is 0 Å². The Kier molecular flexibility index (Phi) is 3.26. The first-order chi connectivity index (χ1) is 6.97. The Balaban J connectivity index is 3.41. The molecule has 0 saturated carbocycles. The van der Waals surface area contributed by atoms with Gasteiger partial charge in [-0.1, -0.05) is 11.6 Å². The summed E-state index contributed by atoms with van der Waals surface area (Å²) >= 11 is 5.60. The van der Waals surface area contributed by atoms with Gasteiger partial charge in [0.15, 0.2) is 0 Å². The first kappa shape index (κ1) is 11.5. The average molecular weight is 233 g/mol. The molecule has 80 valence electrons. The average Bonchev–Trinajstić information content (AvgIpc) is 2.19. The minimum Gasteiger partial charge on any atom is -0.478 e. The lowest BCUT2D eigenvalue weighted by Gasteiger charge is -2.05. The maximum absolute atomic E-state index is 12.9. The monoisotopic (exact) mass is 232 g/mol. The number of esters is 1. The summed E-state index contributed by atoms with van der Waals surface area (Å²) in [7, 11) is 1.09. The molecule has 1 N–H and O–H groups in total. The van der Waals surface area contributed by atoms with Gasteiger partial charge in [-0.3, -0.25) is 0 Å². The van der Waals surface area contributed by atoms with E-state index in [1.54, 1.807) is 0 Å². The lowest BCUT2D eigenvalue weighted by Crippen LogP contribution is -2.07. The molecule has 1 rings (SSSR count). The van der Waals surface area contributed by atoms with Gasteiger partial charge < -0.3 is 9.84 Å². The van der Waals surface area contributed by atoms with Crippen molar-refractivity contribution >= 4 is 23.5 Å². The molecule has 0 aromatic heterocycles. The highest BCUT2D eigenvalue weighted by Gasteiger charge is 2.19. The first-order valence-electron chi connectivity index (χ1n) is 3.78. The van der Waals surface area contributed by atoms with E-state index < -0.39 is 23.3 Å². The molecule has 0 fully saturated rings. The van der Waals surface area contributed by atoms with Crippen LogP contribution in [0.15, 0.2) is 12.1 Å². The Labute approximate surface area is 89.2 Å². The maximum Gasteiger partial charge on any atom is 0.339 e. The van der Waals surface area contributed by atoms with E-state index in [1.807, 2.05) is 0 Å². The molecule has 15 heavy (non-hydrogen) atoms. The molecule has 6 heteroatoms. The minimum atomic E-state index is -1.41. The summed E-state index contributed by atoms with van der Waals surface area (Å²) in [6.45, 7) is 0. The molecule has 0 atom stereocenters. The van der Waals surface area contributed by atoms with Gasteiger partial charge in [0.05, 0.1) is 23.3 Å². The molecule has 0 radical (unpaired) electrons. The molecule has 0 aliphatic heterocycles. The summed E-state index contributed by atoms with van der Waals surface area (Å²) in [4.78, 5) is 21.7. The summed E-state index contributed by atoms with van der Waals surface area (Å²) in [6.07, 6.45) is 0. The molecular weight excluding hydrogens is 227 g/mol. The highest BCUT2D eigenvalue weighted by Crippen LogP contribution is 2.23. The Bertz CT molecular complexity index is 430. The first-order valence-corrected chi connectivity index (χ1v) is 4.15. The second kappa shape index (κ2) is 4.27. The SMILES string of the molecule is COC(=O)c1cc(F)cc(C(=O)O)c1Cl. The number of carbonyl (C=O) groups excluding carboxylic acids is 1. The number of hydrogen-bond acceptors (Lipinski definition) is 3. The predicted octanol–water partition coefficient (Wildman–Crippen LogP) is 1.96. The van der Waals surface area contributed by atoms with Crippen molar-refractivity contribution in [3.63, 3.8) is 0 Å². The highest BCUT2D eigenvalue weighted by atomic mass is 35.5. The molecule has 0 aliphatic rings. The molecule has 1 aromatic rings. The molecule has 0 saturated heterocycles. The Morgan fingerprint density at radius 3 is 2.40 bits per heavy atom. The van der Waals surface area contributed by atoms with Crippen LogP contribution in [0.5, 0.6) is 0 Å². The van der Waals surface area contributed by atoms with Crippen LogP contribution in [0.1, 0.15) is 20.7 Å². The zero-order valence-electron chi connectivity index (χ0n) is 7.58. The zero-order valence-corrected chi connectivity index (χ0v) is 8.34. The van der Waals surface area contributed by atoms with E-state index in [4.69, 9.17) is 16.7 Å². The number of aromatic carboxylic acids is 1. The number of benzene rings is 1. The number of hydrogen-bond donors (Lipinski definition) is 1. The van der Waals surface area contributed by atoms with Crippen molar-refractivity contribution < 1.29 is 23.8 Å². The van der Waals surface area contributed by atoms with E-state index in [0.717, 1.165) is 19.2 Å². The van der Waals surface area contributed by atoms with Crippen LogP contribution in [0.3, 0.4) is 0 Å². The normalized spacial score (nSPS) is 9.80. The molecule has 4 nitrogen and oxygen atoms in total. The van der Waals surface area contributed by atoms with Gasteiger partial charge >= 0.3 is 11.9 Å².